The van der Waals surface area contributed by atoms with Crippen molar-refractivity contribution in [1.29, 1.82) is 0 Å². The summed E-state index contributed by atoms with van der Waals surface area (Å²) in [6.45, 7) is 2.46. The van der Waals surface area contributed by atoms with E-state index in [2.05, 4.69) is 35.9 Å². The molecule has 0 radical (unpaired) electrons. The van der Waals surface area contributed by atoms with Gasteiger partial charge in [0.15, 0.2) is 17.0 Å². The Hall–Kier alpha value is -4.15. The van der Waals surface area contributed by atoms with Crippen LogP contribution in [0.3, 0.4) is 0 Å². The zero-order valence-electron chi connectivity index (χ0n) is 18.8. The summed E-state index contributed by atoms with van der Waals surface area (Å²) >= 11 is 0. The quantitative estimate of drug-likeness (QED) is 0.392. The summed E-state index contributed by atoms with van der Waals surface area (Å²) in [4.78, 5) is 13.3. The van der Waals surface area contributed by atoms with Crippen molar-refractivity contribution in [3.05, 3.63) is 54.6 Å². The van der Waals surface area contributed by atoms with Gasteiger partial charge < -0.3 is 9.84 Å². The Bertz CT molecular complexity index is 1410. The highest BCUT2D eigenvalue weighted by Gasteiger charge is 2.17. The lowest BCUT2D eigenvalue weighted by molar-refractivity contribution is 0.385. The maximum absolute atomic E-state index is 5.02. The first kappa shape index (κ1) is 20.5. The third-order valence-electron chi connectivity index (χ3n) is 6.09. The molecular weight excluding hydrogens is 432 g/mol. The SMILES string of the molecule is Cc1nc(CCn2cc(-c3ccc(-n4nnc5cnc(NC6CCCC6)nc54)cc3)cn2)no1. The van der Waals surface area contributed by atoms with Crippen molar-refractivity contribution in [3.63, 3.8) is 0 Å². The highest BCUT2D eigenvalue weighted by Crippen LogP contribution is 2.24. The van der Waals surface area contributed by atoms with Crippen molar-refractivity contribution in [2.45, 2.75) is 51.6 Å². The number of benzene rings is 1. The van der Waals surface area contributed by atoms with Crippen LogP contribution in [0, 0.1) is 6.92 Å². The molecule has 0 spiro atoms. The first-order chi connectivity index (χ1) is 16.7. The summed E-state index contributed by atoms with van der Waals surface area (Å²) in [6.07, 6.45) is 11.1. The summed E-state index contributed by atoms with van der Waals surface area (Å²) < 4.78 is 8.65. The van der Waals surface area contributed by atoms with E-state index < -0.39 is 0 Å². The number of aryl methyl sites for hydroxylation is 3. The molecule has 0 saturated heterocycles. The van der Waals surface area contributed by atoms with Gasteiger partial charge in [-0.2, -0.15) is 19.7 Å². The highest BCUT2D eigenvalue weighted by molar-refractivity contribution is 5.72. The molecule has 0 aliphatic heterocycles. The number of nitrogens with one attached hydrogen (secondary N) is 1. The topological polar surface area (TPSA) is 125 Å². The number of fused-ring (bicyclic) bond motifs is 1. The fourth-order valence-corrected chi connectivity index (χ4v) is 4.31. The van der Waals surface area contributed by atoms with E-state index in [4.69, 9.17) is 9.51 Å². The van der Waals surface area contributed by atoms with E-state index in [1.165, 1.54) is 12.8 Å². The molecule has 0 unspecified atom stereocenters. The highest BCUT2D eigenvalue weighted by atomic mass is 16.5. The average Bonchev–Trinajstić information content (AvgIpc) is 3.66. The Labute approximate surface area is 195 Å². The smallest absolute Gasteiger partial charge is 0.225 e. The molecule has 0 atom stereocenters. The number of hydrogen-bond donors (Lipinski definition) is 1. The van der Waals surface area contributed by atoms with Gasteiger partial charge in [0.2, 0.25) is 11.8 Å². The predicted molar refractivity (Wildman–Crippen MR) is 124 cm³/mol. The van der Waals surface area contributed by atoms with Crippen LogP contribution in [0.5, 0.6) is 0 Å². The average molecular weight is 457 g/mol. The van der Waals surface area contributed by atoms with Crippen LogP contribution in [0.1, 0.15) is 37.4 Å². The van der Waals surface area contributed by atoms with Gasteiger partial charge in [0, 0.05) is 37.7 Å². The Morgan fingerprint density at radius 2 is 1.91 bits per heavy atom. The standard InChI is InChI=1S/C23H24N10O/c1-15-26-21(30-34-15)10-11-32-14-17(12-25-32)16-6-8-19(9-7-16)33-22-20(29-31-33)13-24-23(28-22)27-18-4-2-3-5-18/h6-9,12-14,18H,2-5,10-11H2,1H3,(H,24,27,28). The van der Waals surface area contributed by atoms with E-state index in [-0.39, 0.29) is 0 Å². The summed E-state index contributed by atoms with van der Waals surface area (Å²) in [5.41, 5.74) is 4.33. The second-order valence-electron chi connectivity index (χ2n) is 8.55. The van der Waals surface area contributed by atoms with Crippen molar-refractivity contribution in [3.8, 4) is 16.8 Å². The van der Waals surface area contributed by atoms with Gasteiger partial charge in [-0.3, -0.25) is 4.68 Å². The number of rotatable bonds is 7. The summed E-state index contributed by atoms with van der Waals surface area (Å²) in [5.74, 6) is 1.89. The van der Waals surface area contributed by atoms with Crippen molar-refractivity contribution in [1.82, 2.24) is 44.9 Å². The van der Waals surface area contributed by atoms with Crippen molar-refractivity contribution >= 4 is 17.1 Å². The maximum Gasteiger partial charge on any atom is 0.225 e. The second-order valence-corrected chi connectivity index (χ2v) is 8.55. The van der Waals surface area contributed by atoms with E-state index in [1.807, 2.05) is 41.3 Å². The van der Waals surface area contributed by atoms with Crippen LogP contribution < -0.4 is 5.32 Å². The van der Waals surface area contributed by atoms with E-state index in [0.717, 1.165) is 29.7 Å². The first-order valence-electron chi connectivity index (χ1n) is 11.5. The van der Waals surface area contributed by atoms with Crippen LogP contribution in [0.15, 0.2) is 47.4 Å². The normalized spacial score (nSPS) is 14.3. The number of nitrogens with zero attached hydrogens (tertiary/aromatic N) is 9. The lowest BCUT2D eigenvalue weighted by Gasteiger charge is -2.11. The molecule has 0 amide bonds. The number of hydrogen-bond acceptors (Lipinski definition) is 9. The minimum absolute atomic E-state index is 0.443. The lowest BCUT2D eigenvalue weighted by Crippen LogP contribution is -2.16. The maximum atomic E-state index is 5.02. The van der Waals surface area contributed by atoms with Crippen molar-refractivity contribution in [2.24, 2.45) is 0 Å². The Balaban J connectivity index is 1.19. The Kier molecular flexibility index (Phi) is 5.21. The molecule has 1 aliphatic rings. The molecule has 1 N–H and O–H groups in total. The van der Waals surface area contributed by atoms with Gasteiger partial charge >= 0.3 is 0 Å². The molecule has 34 heavy (non-hydrogen) atoms. The molecule has 1 fully saturated rings. The molecule has 11 heteroatoms. The lowest BCUT2D eigenvalue weighted by atomic mass is 10.1. The van der Waals surface area contributed by atoms with Crippen molar-refractivity contribution in [2.75, 3.05) is 5.32 Å². The van der Waals surface area contributed by atoms with Gasteiger partial charge in [-0.1, -0.05) is 35.3 Å². The molecule has 6 rings (SSSR count). The van der Waals surface area contributed by atoms with Crippen LogP contribution in [0.2, 0.25) is 0 Å². The Morgan fingerprint density at radius 3 is 2.71 bits per heavy atom. The van der Waals surface area contributed by atoms with Crippen LogP contribution in [-0.4, -0.2) is 50.9 Å². The van der Waals surface area contributed by atoms with E-state index >= 15 is 0 Å². The molecule has 5 aromatic rings. The van der Waals surface area contributed by atoms with Gasteiger partial charge in [-0.25, -0.2) is 4.98 Å². The number of aromatic nitrogens is 9. The summed E-state index contributed by atoms with van der Waals surface area (Å²) in [7, 11) is 0. The molecule has 1 saturated carbocycles. The van der Waals surface area contributed by atoms with E-state index in [9.17, 15) is 0 Å². The fourth-order valence-electron chi connectivity index (χ4n) is 4.31. The minimum Gasteiger partial charge on any atom is -0.351 e. The molecular formula is C23H24N10O. The zero-order valence-corrected chi connectivity index (χ0v) is 18.8. The molecule has 4 heterocycles. The fraction of sp³-hybridized carbons (Fsp3) is 0.348. The summed E-state index contributed by atoms with van der Waals surface area (Å²) in [5, 5.41) is 20.4. The van der Waals surface area contributed by atoms with Gasteiger partial charge in [-0.15, -0.1) is 5.10 Å². The number of anilines is 1. The minimum atomic E-state index is 0.443. The Morgan fingerprint density at radius 1 is 1.06 bits per heavy atom. The summed E-state index contributed by atoms with van der Waals surface area (Å²) in [6, 6.07) is 8.56. The molecule has 11 nitrogen and oxygen atoms in total. The third kappa shape index (κ3) is 4.12. The second kappa shape index (κ2) is 8.65. The molecule has 1 aliphatic carbocycles. The van der Waals surface area contributed by atoms with Gasteiger partial charge in [0.05, 0.1) is 18.1 Å². The van der Waals surface area contributed by atoms with E-state index in [1.54, 1.807) is 17.8 Å². The molecule has 1 aromatic carbocycles. The molecule has 172 valence electrons. The van der Waals surface area contributed by atoms with Crippen LogP contribution in [-0.2, 0) is 13.0 Å². The molecule has 0 bridgehead atoms. The predicted octanol–water partition coefficient (Wildman–Crippen LogP) is 3.36. The van der Waals surface area contributed by atoms with Crippen LogP contribution in [0.4, 0.5) is 5.95 Å². The van der Waals surface area contributed by atoms with E-state index in [0.29, 0.717) is 47.8 Å². The van der Waals surface area contributed by atoms with Gasteiger partial charge in [0.1, 0.15) is 0 Å². The third-order valence-corrected chi connectivity index (χ3v) is 6.09. The van der Waals surface area contributed by atoms with Gasteiger partial charge in [-0.05, 0) is 30.5 Å². The monoisotopic (exact) mass is 456 g/mol. The largest absolute Gasteiger partial charge is 0.351 e. The first-order valence-corrected chi connectivity index (χ1v) is 11.5. The van der Waals surface area contributed by atoms with Crippen LogP contribution in [0.25, 0.3) is 28.0 Å². The van der Waals surface area contributed by atoms with Crippen molar-refractivity contribution < 1.29 is 4.52 Å². The zero-order chi connectivity index (χ0) is 22.9. The molecule has 4 aromatic heterocycles. The van der Waals surface area contributed by atoms with Gasteiger partial charge in [0.25, 0.3) is 0 Å². The van der Waals surface area contributed by atoms with Crippen LogP contribution >= 0.6 is 0 Å².